The molecule has 6 heteroatoms. The van der Waals surface area contributed by atoms with Crippen LogP contribution in [-0.2, 0) is 6.54 Å². The van der Waals surface area contributed by atoms with Crippen molar-refractivity contribution in [3.05, 3.63) is 35.0 Å². The van der Waals surface area contributed by atoms with E-state index in [1.165, 1.54) is 5.01 Å². The van der Waals surface area contributed by atoms with Gasteiger partial charge in [-0.15, -0.1) is 4.91 Å². The van der Waals surface area contributed by atoms with Crippen molar-refractivity contribution >= 4 is 5.91 Å². The topological polar surface area (TPSA) is 79.6 Å². The van der Waals surface area contributed by atoms with Crippen molar-refractivity contribution in [3.63, 3.8) is 0 Å². The summed E-state index contributed by atoms with van der Waals surface area (Å²) in [4.78, 5) is 21.0. The third-order valence-corrected chi connectivity index (χ3v) is 1.96. The number of aromatic nitrogens is 1. The first kappa shape index (κ1) is 11.1. The van der Waals surface area contributed by atoms with Gasteiger partial charge in [0.05, 0.1) is 11.8 Å². The fourth-order valence-electron chi connectivity index (χ4n) is 1.11. The maximum Gasteiger partial charge on any atom is 0.254 e. The highest BCUT2D eigenvalue weighted by atomic mass is 16.3. The van der Waals surface area contributed by atoms with Crippen LogP contribution < -0.4 is 10.3 Å². The first-order chi connectivity index (χ1) is 7.13. The summed E-state index contributed by atoms with van der Waals surface area (Å²) in [7, 11) is 1.59. The van der Waals surface area contributed by atoms with Gasteiger partial charge in [0, 0.05) is 13.1 Å². The number of carbonyl (C=O) groups excluding carboxylic acids is 1. The Kier molecular flexibility index (Phi) is 3.73. The van der Waals surface area contributed by atoms with Crippen molar-refractivity contribution < 1.29 is 9.36 Å². The van der Waals surface area contributed by atoms with Crippen LogP contribution in [0.2, 0.25) is 0 Å². The number of nitroso groups, excluding NO2 is 1. The van der Waals surface area contributed by atoms with Crippen LogP contribution >= 0.6 is 0 Å². The highest BCUT2D eigenvalue weighted by Gasteiger charge is 2.07. The molecule has 1 aromatic rings. The molecular weight excluding hydrogens is 196 g/mol. The van der Waals surface area contributed by atoms with Gasteiger partial charge in [0.15, 0.2) is 18.9 Å². The van der Waals surface area contributed by atoms with Gasteiger partial charge in [-0.1, -0.05) is 0 Å². The van der Waals surface area contributed by atoms with Gasteiger partial charge < -0.3 is 5.73 Å². The number of carbonyl (C=O) groups is 1. The molecule has 15 heavy (non-hydrogen) atoms. The number of nitrogens with two attached hydrogens (primary N) is 1. The van der Waals surface area contributed by atoms with Crippen molar-refractivity contribution in [2.75, 3.05) is 13.6 Å². The van der Waals surface area contributed by atoms with Crippen LogP contribution in [0.5, 0.6) is 0 Å². The van der Waals surface area contributed by atoms with Gasteiger partial charge in [-0.3, -0.25) is 9.80 Å². The van der Waals surface area contributed by atoms with Gasteiger partial charge in [0.25, 0.3) is 5.91 Å². The molecule has 0 radical (unpaired) electrons. The fourth-order valence-corrected chi connectivity index (χ4v) is 1.11. The number of nitrogens with zero attached hydrogens (tertiary/aromatic N) is 3. The van der Waals surface area contributed by atoms with Gasteiger partial charge in [-0.2, -0.15) is 0 Å². The minimum absolute atomic E-state index is 0.444. The van der Waals surface area contributed by atoms with E-state index in [9.17, 15) is 9.70 Å². The Morgan fingerprint density at radius 3 is 3.00 bits per heavy atom. The number of pyridine rings is 1. The molecule has 1 rings (SSSR count). The van der Waals surface area contributed by atoms with Crippen molar-refractivity contribution in [1.82, 2.24) is 5.01 Å². The Morgan fingerprint density at radius 1 is 1.67 bits per heavy atom. The van der Waals surface area contributed by atoms with Crippen LogP contribution in [0, 0.1) is 4.91 Å². The average Bonchev–Trinajstić information content (AvgIpc) is 2.26. The zero-order chi connectivity index (χ0) is 11.3. The predicted molar refractivity (Wildman–Crippen MR) is 53.6 cm³/mol. The molecule has 1 amide bonds. The van der Waals surface area contributed by atoms with E-state index in [4.69, 9.17) is 5.73 Å². The normalized spacial score (nSPS) is 9.67. The van der Waals surface area contributed by atoms with Crippen LogP contribution in [0.25, 0.3) is 0 Å². The SMILES string of the molecule is CN(CC[n+]1cccc(C(N)=O)c1)N=O. The molecule has 0 atom stereocenters. The van der Waals surface area contributed by atoms with E-state index in [0.29, 0.717) is 18.7 Å². The highest BCUT2D eigenvalue weighted by Crippen LogP contribution is 1.92. The molecule has 0 unspecified atom stereocenters. The number of primary amides is 1. The summed E-state index contributed by atoms with van der Waals surface area (Å²) in [6.45, 7) is 1.06. The predicted octanol–water partition coefficient (Wildman–Crippen LogP) is -0.314. The summed E-state index contributed by atoms with van der Waals surface area (Å²) in [5, 5.41) is 4.02. The zero-order valence-corrected chi connectivity index (χ0v) is 8.46. The van der Waals surface area contributed by atoms with Crippen LogP contribution in [0.1, 0.15) is 10.4 Å². The molecule has 1 heterocycles. The molecule has 0 aliphatic carbocycles. The number of hydrogen-bond acceptors (Lipinski definition) is 3. The molecule has 6 nitrogen and oxygen atoms in total. The van der Waals surface area contributed by atoms with Crippen molar-refractivity contribution in [2.24, 2.45) is 11.0 Å². The van der Waals surface area contributed by atoms with Crippen LogP contribution in [0.4, 0.5) is 0 Å². The molecule has 80 valence electrons. The van der Waals surface area contributed by atoms with Gasteiger partial charge in [0.2, 0.25) is 0 Å². The smallest absolute Gasteiger partial charge is 0.254 e. The van der Waals surface area contributed by atoms with Crippen LogP contribution in [0.3, 0.4) is 0 Å². The van der Waals surface area contributed by atoms with Gasteiger partial charge >= 0.3 is 0 Å². The average molecular weight is 209 g/mol. The molecule has 2 N–H and O–H groups in total. The van der Waals surface area contributed by atoms with Gasteiger partial charge in [0.1, 0.15) is 5.56 Å². The largest absolute Gasteiger partial charge is 0.365 e. The lowest BCUT2D eigenvalue weighted by Crippen LogP contribution is -2.38. The van der Waals surface area contributed by atoms with Crippen molar-refractivity contribution in [1.29, 1.82) is 0 Å². The van der Waals surface area contributed by atoms with Crippen LogP contribution in [-0.4, -0.2) is 24.5 Å². The number of hydrogen-bond donors (Lipinski definition) is 1. The van der Waals surface area contributed by atoms with Crippen LogP contribution in [0.15, 0.2) is 29.8 Å². The second kappa shape index (κ2) is 5.04. The monoisotopic (exact) mass is 209 g/mol. The van der Waals surface area contributed by atoms with E-state index in [1.54, 1.807) is 36.1 Å². The zero-order valence-electron chi connectivity index (χ0n) is 8.46. The molecule has 1 aromatic heterocycles. The third-order valence-electron chi connectivity index (χ3n) is 1.96. The van der Waals surface area contributed by atoms with E-state index in [1.807, 2.05) is 0 Å². The van der Waals surface area contributed by atoms with E-state index in [-0.39, 0.29) is 0 Å². The first-order valence-corrected chi connectivity index (χ1v) is 4.47. The summed E-state index contributed by atoms with van der Waals surface area (Å²) in [5.74, 6) is -0.466. The van der Waals surface area contributed by atoms with E-state index in [0.717, 1.165) is 0 Å². The molecule has 0 aliphatic heterocycles. The van der Waals surface area contributed by atoms with E-state index < -0.39 is 5.91 Å². The molecule has 0 fully saturated rings. The fraction of sp³-hybridized carbons (Fsp3) is 0.333. The summed E-state index contributed by atoms with van der Waals surface area (Å²) in [6.07, 6.45) is 3.44. The Morgan fingerprint density at radius 2 is 2.40 bits per heavy atom. The molecule has 0 bridgehead atoms. The lowest BCUT2D eigenvalue weighted by atomic mass is 10.3. The molecule has 0 aromatic carbocycles. The van der Waals surface area contributed by atoms with Gasteiger partial charge in [-0.25, -0.2) is 4.57 Å². The number of rotatable bonds is 5. The molecule has 0 aliphatic rings. The summed E-state index contributed by atoms with van der Waals surface area (Å²) < 4.78 is 1.78. The van der Waals surface area contributed by atoms with E-state index in [2.05, 4.69) is 5.29 Å². The highest BCUT2D eigenvalue weighted by molar-refractivity contribution is 5.92. The minimum atomic E-state index is -0.466. The van der Waals surface area contributed by atoms with Gasteiger partial charge in [-0.05, 0) is 6.07 Å². The first-order valence-electron chi connectivity index (χ1n) is 4.47. The molecule has 0 saturated carbocycles. The minimum Gasteiger partial charge on any atom is -0.365 e. The van der Waals surface area contributed by atoms with Crippen molar-refractivity contribution in [2.45, 2.75) is 6.54 Å². The standard InChI is InChI=1S/C9H12N4O2/c1-12(11-15)5-6-13-4-2-3-8(7-13)9(10)14/h2-4,7H,5-6H2,1H3,(H-,10,14)/p+1. The number of amides is 1. The Bertz CT molecular complexity index is 367. The third kappa shape index (κ3) is 3.34. The summed E-state index contributed by atoms with van der Waals surface area (Å²) in [5.41, 5.74) is 5.58. The number of likely N-dealkylation sites (N-methyl/N-ethyl adjacent to an activating group) is 1. The lowest BCUT2D eigenvalue weighted by Gasteiger charge is -2.04. The second-order valence-electron chi connectivity index (χ2n) is 3.16. The van der Waals surface area contributed by atoms with E-state index >= 15 is 0 Å². The maximum absolute atomic E-state index is 10.9. The van der Waals surface area contributed by atoms with Crippen molar-refractivity contribution in [3.8, 4) is 0 Å². The lowest BCUT2D eigenvalue weighted by molar-refractivity contribution is -0.696. The quantitative estimate of drug-likeness (QED) is 0.410. The molecule has 0 saturated heterocycles. The molecular formula is C9H13N4O2+. The summed E-state index contributed by atoms with van der Waals surface area (Å²) in [6, 6.07) is 3.37. The molecule has 0 spiro atoms. The Hall–Kier alpha value is -1.98. The second-order valence-corrected chi connectivity index (χ2v) is 3.16. The maximum atomic E-state index is 10.9. The Balaban J connectivity index is 2.65. The Labute approximate surface area is 87.2 Å². The summed E-state index contributed by atoms with van der Waals surface area (Å²) >= 11 is 0.